The molecular weight excluding hydrogens is 284 g/mol. The Bertz CT molecular complexity index is 693. The van der Waals surface area contributed by atoms with Gasteiger partial charge < -0.3 is 10.2 Å². The van der Waals surface area contributed by atoms with Crippen LogP contribution in [-0.4, -0.2) is 10.2 Å². The molecule has 0 saturated carbocycles. The van der Waals surface area contributed by atoms with E-state index in [1.54, 1.807) is 6.07 Å². The number of hydrogen-bond acceptors (Lipinski definition) is 2. The largest absolute Gasteiger partial charge is 0.507 e. The fraction of sp³-hybridized carbons (Fsp3) is 0.429. The predicted molar refractivity (Wildman–Crippen MR) is 97.3 cm³/mol. The van der Waals surface area contributed by atoms with Crippen LogP contribution in [0, 0.1) is 6.92 Å². The molecule has 0 aliphatic carbocycles. The van der Waals surface area contributed by atoms with E-state index in [0.717, 1.165) is 27.8 Å². The summed E-state index contributed by atoms with van der Waals surface area (Å²) in [5.74, 6) is 0.627. The van der Waals surface area contributed by atoms with Crippen LogP contribution in [0.1, 0.15) is 58.2 Å². The summed E-state index contributed by atoms with van der Waals surface area (Å²) in [5, 5.41) is 21.1. The zero-order valence-corrected chi connectivity index (χ0v) is 15.3. The minimum atomic E-state index is -0.181. The zero-order valence-electron chi connectivity index (χ0n) is 15.3. The maximum atomic E-state index is 10.8. The SMILES string of the molecule is Cc1ccc(O)c(-c2cc(C(C)(C)C)c(O)c(C(C)(C)C)c2)c1. The van der Waals surface area contributed by atoms with Gasteiger partial charge >= 0.3 is 0 Å². The smallest absolute Gasteiger partial charge is 0.123 e. The number of aromatic hydroxyl groups is 2. The maximum Gasteiger partial charge on any atom is 0.123 e. The van der Waals surface area contributed by atoms with E-state index in [0.29, 0.717) is 5.75 Å². The Kier molecular flexibility index (Phi) is 4.23. The molecule has 0 saturated heterocycles. The third-order valence-corrected chi connectivity index (χ3v) is 4.19. The lowest BCUT2D eigenvalue weighted by atomic mass is 9.77. The summed E-state index contributed by atoms with van der Waals surface area (Å²) in [7, 11) is 0. The molecule has 2 N–H and O–H groups in total. The highest BCUT2D eigenvalue weighted by Crippen LogP contribution is 2.43. The molecule has 0 amide bonds. The molecule has 0 fully saturated rings. The highest BCUT2D eigenvalue weighted by atomic mass is 16.3. The van der Waals surface area contributed by atoms with Crippen LogP contribution < -0.4 is 0 Å². The van der Waals surface area contributed by atoms with Crippen molar-refractivity contribution in [1.29, 1.82) is 0 Å². The van der Waals surface area contributed by atoms with Crippen LogP contribution in [0.5, 0.6) is 11.5 Å². The number of benzene rings is 2. The van der Waals surface area contributed by atoms with E-state index in [-0.39, 0.29) is 16.6 Å². The van der Waals surface area contributed by atoms with Crippen molar-refractivity contribution in [2.45, 2.75) is 59.3 Å². The van der Waals surface area contributed by atoms with E-state index < -0.39 is 0 Å². The standard InChI is InChI=1S/C21H28O2/c1-13-8-9-18(22)15(10-13)14-11-16(20(2,3)4)19(23)17(12-14)21(5,6)7/h8-12,22-23H,1-7H3. The molecule has 0 unspecified atom stereocenters. The molecule has 0 heterocycles. The summed E-state index contributed by atoms with van der Waals surface area (Å²) >= 11 is 0. The molecule has 0 aliphatic heterocycles. The van der Waals surface area contributed by atoms with Crippen molar-refractivity contribution >= 4 is 0 Å². The average Bonchev–Trinajstić information content (AvgIpc) is 2.39. The highest BCUT2D eigenvalue weighted by Gasteiger charge is 2.27. The third kappa shape index (κ3) is 3.52. The van der Waals surface area contributed by atoms with Gasteiger partial charge in [0.1, 0.15) is 11.5 Å². The van der Waals surface area contributed by atoms with E-state index in [4.69, 9.17) is 0 Å². The molecule has 2 nitrogen and oxygen atoms in total. The summed E-state index contributed by atoms with van der Waals surface area (Å²) in [5.41, 5.74) is 4.29. The molecule has 0 aliphatic rings. The van der Waals surface area contributed by atoms with Crippen molar-refractivity contribution in [3.63, 3.8) is 0 Å². The normalized spacial score (nSPS) is 12.5. The fourth-order valence-corrected chi connectivity index (χ4v) is 2.81. The van der Waals surface area contributed by atoms with Crippen LogP contribution >= 0.6 is 0 Å². The Morgan fingerprint density at radius 2 is 1.22 bits per heavy atom. The van der Waals surface area contributed by atoms with Crippen molar-refractivity contribution in [1.82, 2.24) is 0 Å². The highest BCUT2D eigenvalue weighted by molar-refractivity contribution is 5.74. The summed E-state index contributed by atoms with van der Waals surface area (Å²) in [6, 6.07) is 9.61. The molecule has 0 spiro atoms. The first kappa shape index (κ1) is 17.4. The predicted octanol–water partition coefficient (Wildman–Crippen LogP) is 5.67. The number of hydrogen-bond donors (Lipinski definition) is 2. The van der Waals surface area contributed by atoms with Gasteiger partial charge in [0.25, 0.3) is 0 Å². The molecule has 2 aromatic rings. The van der Waals surface area contributed by atoms with Gasteiger partial charge in [-0.15, -0.1) is 0 Å². The first-order chi connectivity index (χ1) is 10.4. The fourth-order valence-electron chi connectivity index (χ4n) is 2.81. The van der Waals surface area contributed by atoms with Gasteiger partial charge in [-0.1, -0.05) is 53.2 Å². The van der Waals surface area contributed by atoms with Crippen molar-refractivity contribution in [2.75, 3.05) is 0 Å². The molecule has 0 atom stereocenters. The quantitative estimate of drug-likeness (QED) is 0.712. The zero-order chi connectivity index (χ0) is 17.6. The van der Waals surface area contributed by atoms with Crippen molar-refractivity contribution in [2.24, 2.45) is 0 Å². The number of phenolic OH excluding ortho intramolecular Hbond substituents is 2. The van der Waals surface area contributed by atoms with E-state index in [2.05, 4.69) is 41.5 Å². The topological polar surface area (TPSA) is 40.5 Å². The van der Waals surface area contributed by atoms with Gasteiger partial charge in [0.2, 0.25) is 0 Å². The van der Waals surface area contributed by atoms with Crippen molar-refractivity contribution < 1.29 is 10.2 Å². The van der Waals surface area contributed by atoms with Crippen molar-refractivity contribution in [3.8, 4) is 22.6 Å². The van der Waals surface area contributed by atoms with Gasteiger partial charge in [0.15, 0.2) is 0 Å². The first-order valence-electron chi connectivity index (χ1n) is 8.09. The lowest BCUT2D eigenvalue weighted by Gasteiger charge is -2.28. The molecule has 2 heteroatoms. The Morgan fingerprint density at radius 3 is 1.65 bits per heavy atom. The van der Waals surface area contributed by atoms with Crippen LogP contribution in [0.25, 0.3) is 11.1 Å². The van der Waals surface area contributed by atoms with Crippen LogP contribution in [0.4, 0.5) is 0 Å². The van der Waals surface area contributed by atoms with E-state index >= 15 is 0 Å². The Balaban J connectivity index is 2.82. The molecule has 0 radical (unpaired) electrons. The lowest BCUT2D eigenvalue weighted by molar-refractivity contribution is 0.423. The van der Waals surface area contributed by atoms with Crippen LogP contribution in [0.3, 0.4) is 0 Å². The van der Waals surface area contributed by atoms with Crippen molar-refractivity contribution in [3.05, 3.63) is 47.0 Å². The second-order valence-corrected chi connectivity index (χ2v) is 8.44. The van der Waals surface area contributed by atoms with Gasteiger partial charge in [-0.2, -0.15) is 0 Å². The molecule has 124 valence electrons. The van der Waals surface area contributed by atoms with Gasteiger partial charge in [-0.25, -0.2) is 0 Å². The Morgan fingerprint density at radius 1 is 0.739 bits per heavy atom. The number of rotatable bonds is 1. The minimum absolute atomic E-state index is 0.181. The Labute approximate surface area is 139 Å². The van der Waals surface area contributed by atoms with E-state index in [1.165, 1.54) is 0 Å². The van der Waals surface area contributed by atoms with Crippen LogP contribution in [-0.2, 0) is 10.8 Å². The Hall–Kier alpha value is -1.96. The van der Waals surface area contributed by atoms with Crippen LogP contribution in [0.15, 0.2) is 30.3 Å². The molecule has 23 heavy (non-hydrogen) atoms. The van der Waals surface area contributed by atoms with E-state index in [9.17, 15) is 10.2 Å². The summed E-state index contributed by atoms with van der Waals surface area (Å²) < 4.78 is 0. The monoisotopic (exact) mass is 312 g/mol. The molecule has 0 bridgehead atoms. The first-order valence-corrected chi connectivity index (χ1v) is 8.09. The van der Waals surface area contributed by atoms with Gasteiger partial charge in [-0.05, 0) is 47.6 Å². The summed E-state index contributed by atoms with van der Waals surface area (Å²) in [4.78, 5) is 0. The third-order valence-electron chi connectivity index (χ3n) is 4.19. The molecule has 2 rings (SSSR count). The number of aryl methyl sites for hydroxylation is 1. The second kappa shape index (κ2) is 5.59. The maximum absolute atomic E-state index is 10.8. The summed E-state index contributed by atoms with van der Waals surface area (Å²) in [6.07, 6.45) is 0. The lowest BCUT2D eigenvalue weighted by Crippen LogP contribution is -2.17. The molecular formula is C21H28O2. The molecule has 0 aromatic heterocycles. The van der Waals surface area contributed by atoms with Crippen LogP contribution in [0.2, 0.25) is 0 Å². The van der Waals surface area contributed by atoms with Gasteiger partial charge in [0.05, 0.1) is 0 Å². The van der Waals surface area contributed by atoms with E-state index in [1.807, 2.05) is 31.2 Å². The van der Waals surface area contributed by atoms with Gasteiger partial charge in [-0.3, -0.25) is 0 Å². The minimum Gasteiger partial charge on any atom is -0.507 e. The molecule has 2 aromatic carbocycles. The second-order valence-electron chi connectivity index (χ2n) is 8.44. The van der Waals surface area contributed by atoms with Gasteiger partial charge in [0, 0.05) is 16.7 Å². The average molecular weight is 312 g/mol. The summed E-state index contributed by atoms with van der Waals surface area (Å²) in [6.45, 7) is 14.6. The number of phenols is 2.